The van der Waals surface area contributed by atoms with E-state index in [1.807, 2.05) is 36.4 Å². The molecule has 3 heterocycles. The molecule has 0 atom stereocenters. The lowest BCUT2D eigenvalue weighted by Crippen LogP contribution is -2.28. The number of nitrogens with one attached hydrogen (secondary N) is 1. The lowest BCUT2D eigenvalue weighted by atomic mass is 10.2. The van der Waals surface area contributed by atoms with Crippen LogP contribution in [0.3, 0.4) is 0 Å². The number of carbonyl (C=O) groups excluding carboxylic acids is 1. The van der Waals surface area contributed by atoms with Crippen LogP contribution in [0.15, 0.2) is 66.9 Å². The average molecular weight is 486 g/mol. The van der Waals surface area contributed by atoms with Gasteiger partial charge in [-0.2, -0.15) is 14.4 Å². The van der Waals surface area contributed by atoms with Crippen molar-refractivity contribution in [3.8, 4) is 34.5 Å². The number of hydrogen-bond donors (Lipinski definition) is 1. The van der Waals surface area contributed by atoms with Crippen molar-refractivity contribution in [2.75, 3.05) is 27.4 Å². The lowest BCUT2D eigenvalue weighted by Gasteiger charge is -2.09. The molecule has 5 rings (SSSR count). The van der Waals surface area contributed by atoms with E-state index in [-0.39, 0.29) is 24.8 Å². The number of hydrogen-bond acceptors (Lipinski definition) is 9. The number of nitrogens with zero attached hydrogens (tertiary/aromatic N) is 7. The number of methoxy groups -OCH3 is 2. The molecule has 182 valence electrons. The van der Waals surface area contributed by atoms with Gasteiger partial charge in [0.05, 0.1) is 32.6 Å². The second-order valence-corrected chi connectivity index (χ2v) is 7.49. The molecule has 0 bridgehead atoms. The molecule has 0 radical (unpaired) electrons. The molecule has 0 fully saturated rings. The van der Waals surface area contributed by atoms with Crippen LogP contribution in [0, 0.1) is 0 Å². The standard InChI is InChI=1S/C24H22N8O4/c1-34-19-9-8-16(14-20(19)35-2)23-28-27-21-10-11-22(30-31(21)23)36-13-12-25-24(33)18-15-26-32(29-18)17-6-4-3-5-7-17/h3-11,14-15H,12-13H2,1-2H3,(H,25,33). The Hall–Kier alpha value is -5.00. The first-order chi connectivity index (χ1) is 17.7. The molecular weight excluding hydrogens is 464 g/mol. The summed E-state index contributed by atoms with van der Waals surface area (Å²) >= 11 is 0. The minimum Gasteiger partial charge on any atom is -0.493 e. The van der Waals surface area contributed by atoms with Gasteiger partial charge in [0, 0.05) is 11.6 Å². The van der Waals surface area contributed by atoms with E-state index in [0.29, 0.717) is 28.9 Å². The number of ether oxygens (including phenoxy) is 3. The number of amides is 1. The van der Waals surface area contributed by atoms with Gasteiger partial charge in [-0.1, -0.05) is 18.2 Å². The Morgan fingerprint density at radius 3 is 2.58 bits per heavy atom. The van der Waals surface area contributed by atoms with Gasteiger partial charge in [0.15, 0.2) is 28.7 Å². The molecule has 3 aromatic heterocycles. The van der Waals surface area contributed by atoms with Crippen molar-refractivity contribution in [2.45, 2.75) is 0 Å². The largest absolute Gasteiger partial charge is 0.493 e. The maximum Gasteiger partial charge on any atom is 0.273 e. The van der Waals surface area contributed by atoms with Gasteiger partial charge in [0.2, 0.25) is 5.88 Å². The minimum atomic E-state index is -0.348. The van der Waals surface area contributed by atoms with Crippen LogP contribution in [-0.2, 0) is 0 Å². The molecule has 1 amide bonds. The zero-order valence-corrected chi connectivity index (χ0v) is 19.5. The van der Waals surface area contributed by atoms with E-state index in [2.05, 4.69) is 30.8 Å². The van der Waals surface area contributed by atoms with Gasteiger partial charge in [-0.25, -0.2) is 0 Å². The molecule has 12 nitrogen and oxygen atoms in total. The smallest absolute Gasteiger partial charge is 0.273 e. The second kappa shape index (κ2) is 10.1. The number of benzene rings is 2. The Bertz CT molecular complexity index is 1500. The summed E-state index contributed by atoms with van der Waals surface area (Å²) in [6, 6.07) is 18.2. The van der Waals surface area contributed by atoms with Crippen molar-refractivity contribution in [3.05, 3.63) is 72.6 Å². The summed E-state index contributed by atoms with van der Waals surface area (Å²) in [4.78, 5) is 13.8. The number of fused-ring (bicyclic) bond motifs is 1. The first-order valence-electron chi connectivity index (χ1n) is 11.0. The molecule has 36 heavy (non-hydrogen) atoms. The van der Waals surface area contributed by atoms with Gasteiger partial charge in [-0.15, -0.1) is 20.4 Å². The first-order valence-corrected chi connectivity index (χ1v) is 11.0. The third-order valence-electron chi connectivity index (χ3n) is 5.23. The fourth-order valence-electron chi connectivity index (χ4n) is 3.47. The SMILES string of the molecule is COc1ccc(-c2nnc3ccc(OCCNC(=O)c4cnn(-c5ccccc5)n4)nn23)cc1OC. The molecular formula is C24H22N8O4. The molecule has 2 aromatic carbocycles. The highest BCUT2D eigenvalue weighted by Crippen LogP contribution is 2.31. The van der Waals surface area contributed by atoms with E-state index >= 15 is 0 Å². The molecule has 0 aliphatic carbocycles. The topological polar surface area (TPSA) is 131 Å². The van der Waals surface area contributed by atoms with Gasteiger partial charge in [-0.05, 0) is 36.4 Å². The fourth-order valence-corrected chi connectivity index (χ4v) is 3.47. The van der Waals surface area contributed by atoms with Crippen molar-refractivity contribution in [1.29, 1.82) is 0 Å². The van der Waals surface area contributed by atoms with E-state index in [0.717, 1.165) is 11.3 Å². The van der Waals surface area contributed by atoms with Gasteiger partial charge in [0.25, 0.3) is 5.91 Å². The number of aromatic nitrogens is 7. The minimum absolute atomic E-state index is 0.199. The number of rotatable bonds is 9. The number of carbonyl (C=O) groups is 1. The van der Waals surface area contributed by atoms with Gasteiger partial charge in [-0.3, -0.25) is 4.79 Å². The fraction of sp³-hybridized carbons (Fsp3) is 0.167. The quantitative estimate of drug-likeness (QED) is 0.312. The summed E-state index contributed by atoms with van der Waals surface area (Å²) < 4.78 is 18.0. The monoisotopic (exact) mass is 486 g/mol. The van der Waals surface area contributed by atoms with E-state index in [9.17, 15) is 4.79 Å². The number of para-hydroxylation sites is 1. The Morgan fingerprint density at radius 1 is 0.944 bits per heavy atom. The van der Waals surface area contributed by atoms with E-state index in [1.165, 1.54) is 11.0 Å². The van der Waals surface area contributed by atoms with Crippen LogP contribution < -0.4 is 19.5 Å². The van der Waals surface area contributed by atoms with Crippen LogP contribution in [0.1, 0.15) is 10.5 Å². The molecule has 0 spiro atoms. The average Bonchev–Trinajstić information content (AvgIpc) is 3.59. The summed E-state index contributed by atoms with van der Waals surface area (Å²) in [7, 11) is 3.14. The zero-order valence-electron chi connectivity index (χ0n) is 19.5. The second-order valence-electron chi connectivity index (χ2n) is 7.49. The highest BCUT2D eigenvalue weighted by molar-refractivity contribution is 5.91. The molecule has 0 unspecified atom stereocenters. The van der Waals surface area contributed by atoms with Crippen LogP contribution >= 0.6 is 0 Å². The Balaban J connectivity index is 1.22. The molecule has 12 heteroatoms. The molecule has 1 N–H and O–H groups in total. The van der Waals surface area contributed by atoms with Crippen molar-refractivity contribution < 1.29 is 19.0 Å². The van der Waals surface area contributed by atoms with Gasteiger partial charge >= 0.3 is 0 Å². The van der Waals surface area contributed by atoms with Crippen LogP contribution in [0.25, 0.3) is 22.7 Å². The molecule has 0 saturated heterocycles. The lowest BCUT2D eigenvalue weighted by molar-refractivity contribution is 0.0941. The van der Waals surface area contributed by atoms with Crippen LogP contribution in [0.2, 0.25) is 0 Å². The highest BCUT2D eigenvalue weighted by atomic mass is 16.5. The van der Waals surface area contributed by atoms with Crippen LogP contribution in [0.4, 0.5) is 0 Å². The summed E-state index contributed by atoms with van der Waals surface area (Å²) in [5.74, 6) is 1.70. The Labute approximate surface area is 205 Å². The molecule has 0 saturated carbocycles. The third kappa shape index (κ3) is 4.64. The highest BCUT2D eigenvalue weighted by Gasteiger charge is 2.14. The molecule has 0 aliphatic rings. The van der Waals surface area contributed by atoms with E-state index in [1.54, 1.807) is 43.0 Å². The van der Waals surface area contributed by atoms with Crippen molar-refractivity contribution in [1.82, 2.24) is 40.1 Å². The van der Waals surface area contributed by atoms with Crippen molar-refractivity contribution in [2.24, 2.45) is 0 Å². The van der Waals surface area contributed by atoms with Crippen molar-refractivity contribution in [3.63, 3.8) is 0 Å². The molecule has 0 aliphatic heterocycles. The van der Waals surface area contributed by atoms with Crippen LogP contribution in [-0.4, -0.2) is 68.1 Å². The van der Waals surface area contributed by atoms with Crippen LogP contribution in [0.5, 0.6) is 17.4 Å². The maximum atomic E-state index is 12.4. The van der Waals surface area contributed by atoms with E-state index < -0.39 is 0 Å². The summed E-state index contributed by atoms with van der Waals surface area (Å²) in [6.45, 7) is 0.451. The zero-order chi connectivity index (χ0) is 24.9. The Morgan fingerprint density at radius 2 is 1.78 bits per heavy atom. The predicted octanol–water partition coefficient (Wildman–Crippen LogP) is 2.20. The Kier molecular flexibility index (Phi) is 6.38. The van der Waals surface area contributed by atoms with Gasteiger partial charge in [0.1, 0.15) is 6.61 Å². The summed E-state index contributed by atoms with van der Waals surface area (Å²) in [5, 5.41) is 24.0. The van der Waals surface area contributed by atoms with E-state index in [4.69, 9.17) is 14.2 Å². The summed E-state index contributed by atoms with van der Waals surface area (Å²) in [5.41, 5.74) is 2.28. The summed E-state index contributed by atoms with van der Waals surface area (Å²) in [6.07, 6.45) is 1.42. The predicted molar refractivity (Wildman–Crippen MR) is 129 cm³/mol. The molecule has 5 aromatic rings. The maximum absolute atomic E-state index is 12.4. The van der Waals surface area contributed by atoms with Crippen molar-refractivity contribution >= 4 is 11.6 Å². The first kappa shape index (κ1) is 22.8. The third-order valence-corrected chi connectivity index (χ3v) is 5.23. The normalized spacial score (nSPS) is 10.8. The van der Waals surface area contributed by atoms with Gasteiger partial charge < -0.3 is 19.5 Å².